The maximum Gasteiger partial charge on any atom is 0.198 e. The fourth-order valence-corrected chi connectivity index (χ4v) is 1.47. The average Bonchev–Trinajstić information content (AvgIpc) is 2.75. The second-order valence-corrected chi connectivity index (χ2v) is 3.07. The summed E-state index contributed by atoms with van der Waals surface area (Å²) in [5, 5.41) is 3.27. The molecule has 1 saturated heterocycles. The average molecular weight is 167 g/mol. The first-order valence-corrected chi connectivity index (χ1v) is 4.25. The highest BCUT2D eigenvalue weighted by Gasteiger charge is 2.20. The second-order valence-electron chi connectivity index (χ2n) is 3.07. The van der Waals surface area contributed by atoms with E-state index >= 15 is 0 Å². The molecule has 1 aliphatic rings. The summed E-state index contributed by atoms with van der Waals surface area (Å²) in [7, 11) is 0. The van der Waals surface area contributed by atoms with Crippen LogP contribution in [0.4, 0.5) is 0 Å². The highest BCUT2D eigenvalue weighted by Crippen LogP contribution is 2.20. The number of oxazole rings is 1. The van der Waals surface area contributed by atoms with Crippen LogP contribution in [0.25, 0.3) is 0 Å². The lowest BCUT2D eigenvalue weighted by molar-refractivity contribution is 0.457. The van der Waals surface area contributed by atoms with E-state index in [1.807, 2.05) is 0 Å². The summed E-state index contributed by atoms with van der Waals surface area (Å²) in [5.41, 5.74) is 6.27. The highest BCUT2D eigenvalue weighted by atomic mass is 16.3. The van der Waals surface area contributed by atoms with Crippen LogP contribution in [0, 0.1) is 0 Å². The Morgan fingerprint density at radius 1 is 1.75 bits per heavy atom. The third-order valence-corrected chi connectivity index (χ3v) is 2.19. The maximum atomic E-state index is 5.42. The van der Waals surface area contributed by atoms with E-state index < -0.39 is 0 Å². The SMILES string of the molecule is NCc1coc(C2CCNC2)n1. The second kappa shape index (κ2) is 3.25. The smallest absolute Gasteiger partial charge is 0.198 e. The molecule has 2 rings (SSSR count). The molecule has 0 aliphatic carbocycles. The van der Waals surface area contributed by atoms with E-state index in [1.165, 1.54) is 0 Å². The minimum absolute atomic E-state index is 0.449. The number of nitrogens with zero attached hydrogens (tertiary/aromatic N) is 1. The monoisotopic (exact) mass is 167 g/mol. The molecule has 12 heavy (non-hydrogen) atoms. The first kappa shape index (κ1) is 7.76. The van der Waals surface area contributed by atoms with Crippen molar-refractivity contribution in [2.75, 3.05) is 13.1 Å². The van der Waals surface area contributed by atoms with Crippen LogP contribution in [0.2, 0.25) is 0 Å². The van der Waals surface area contributed by atoms with Crippen molar-refractivity contribution in [3.63, 3.8) is 0 Å². The van der Waals surface area contributed by atoms with Gasteiger partial charge in [0.1, 0.15) is 6.26 Å². The van der Waals surface area contributed by atoms with Crippen molar-refractivity contribution in [1.82, 2.24) is 10.3 Å². The zero-order valence-corrected chi connectivity index (χ0v) is 6.92. The Hall–Kier alpha value is -0.870. The van der Waals surface area contributed by atoms with Gasteiger partial charge >= 0.3 is 0 Å². The number of aromatic nitrogens is 1. The molecular weight excluding hydrogens is 154 g/mol. The van der Waals surface area contributed by atoms with Gasteiger partial charge in [0, 0.05) is 19.0 Å². The van der Waals surface area contributed by atoms with E-state index in [-0.39, 0.29) is 0 Å². The maximum absolute atomic E-state index is 5.42. The molecular formula is C8H13N3O. The summed E-state index contributed by atoms with van der Waals surface area (Å²) in [4.78, 5) is 4.28. The minimum Gasteiger partial charge on any atom is -0.448 e. The van der Waals surface area contributed by atoms with E-state index in [2.05, 4.69) is 10.3 Å². The number of hydrogen-bond acceptors (Lipinski definition) is 4. The standard InChI is InChI=1S/C8H13N3O/c9-3-7-5-12-8(11-7)6-1-2-10-4-6/h5-6,10H,1-4,9H2. The van der Waals surface area contributed by atoms with Crippen molar-refractivity contribution in [3.05, 3.63) is 17.8 Å². The van der Waals surface area contributed by atoms with Crippen molar-refractivity contribution < 1.29 is 4.42 Å². The Kier molecular flexibility index (Phi) is 2.10. The number of nitrogens with two attached hydrogens (primary N) is 1. The summed E-state index contributed by atoms with van der Waals surface area (Å²) in [5.74, 6) is 1.28. The molecule has 1 atom stereocenters. The molecule has 1 aliphatic heterocycles. The lowest BCUT2D eigenvalue weighted by Crippen LogP contribution is -2.08. The van der Waals surface area contributed by atoms with Gasteiger partial charge < -0.3 is 15.5 Å². The number of rotatable bonds is 2. The molecule has 66 valence electrons. The molecule has 2 heterocycles. The Bertz CT molecular complexity index is 253. The molecule has 1 fully saturated rings. The van der Waals surface area contributed by atoms with Gasteiger partial charge in [0.15, 0.2) is 5.89 Å². The van der Waals surface area contributed by atoms with Gasteiger partial charge in [0.05, 0.1) is 5.69 Å². The van der Waals surface area contributed by atoms with E-state index in [9.17, 15) is 0 Å². The molecule has 4 heteroatoms. The fourth-order valence-electron chi connectivity index (χ4n) is 1.47. The number of hydrogen-bond donors (Lipinski definition) is 2. The van der Waals surface area contributed by atoms with Gasteiger partial charge in [-0.1, -0.05) is 0 Å². The summed E-state index contributed by atoms with van der Waals surface area (Å²) >= 11 is 0. The van der Waals surface area contributed by atoms with Crippen LogP contribution in [-0.2, 0) is 6.54 Å². The van der Waals surface area contributed by atoms with Gasteiger partial charge in [-0.15, -0.1) is 0 Å². The molecule has 1 aromatic heterocycles. The van der Waals surface area contributed by atoms with Crippen LogP contribution >= 0.6 is 0 Å². The van der Waals surface area contributed by atoms with Crippen molar-refractivity contribution in [3.8, 4) is 0 Å². The lowest BCUT2D eigenvalue weighted by atomic mass is 10.1. The lowest BCUT2D eigenvalue weighted by Gasteiger charge is -1.99. The molecule has 0 bridgehead atoms. The van der Waals surface area contributed by atoms with Gasteiger partial charge in [-0.25, -0.2) is 4.98 Å². The summed E-state index contributed by atoms with van der Waals surface area (Å²) in [6.45, 7) is 2.50. The van der Waals surface area contributed by atoms with E-state index in [0.29, 0.717) is 12.5 Å². The van der Waals surface area contributed by atoms with Crippen molar-refractivity contribution >= 4 is 0 Å². The Balaban J connectivity index is 2.11. The largest absolute Gasteiger partial charge is 0.448 e. The van der Waals surface area contributed by atoms with E-state index in [4.69, 9.17) is 10.2 Å². The normalized spacial score (nSPS) is 23.2. The van der Waals surface area contributed by atoms with Crippen molar-refractivity contribution in [2.45, 2.75) is 18.9 Å². The molecule has 0 spiro atoms. The molecule has 0 radical (unpaired) electrons. The predicted octanol–water partition coefficient (Wildman–Crippen LogP) is 0.210. The van der Waals surface area contributed by atoms with Gasteiger partial charge in [0.25, 0.3) is 0 Å². The third kappa shape index (κ3) is 1.35. The van der Waals surface area contributed by atoms with Crippen LogP contribution < -0.4 is 11.1 Å². The molecule has 0 amide bonds. The number of nitrogens with one attached hydrogen (secondary N) is 1. The van der Waals surface area contributed by atoms with E-state index in [0.717, 1.165) is 31.1 Å². The predicted molar refractivity (Wildman–Crippen MR) is 44.6 cm³/mol. The van der Waals surface area contributed by atoms with Gasteiger partial charge in [0.2, 0.25) is 0 Å². The first-order valence-electron chi connectivity index (χ1n) is 4.25. The Labute approximate surface area is 71.2 Å². The van der Waals surface area contributed by atoms with Crippen LogP contribution in [0.3, 0.4) is 0 Å². The van der Waals surface area contributed by atoms with E-state index in [1.54, 1.807) is 6.26 Å². The minimum atomic E-state index is 0.449. The molecule has 1 unspecified atom stereocenters. The Morgan fingerprint density at radius 3 is 3.25 bits per heavy atom. The topological polar surface area (TPSA) is 64.1 Å². The third-order valence-electron chi connectivity index (χ3n) is 2.19. The van der Waals surface area contributed by atoms with Gasteiger partial charge in [-0.2, -0.15) is 0 Å². The molecule has 0 saturated carbocycles. The van der Waals surface area contributed by atoms with Crippen LogP contribution in [-0.4, -0.2) is 18.1 Å². The summed E-state index contributed by atoms with van der Waals surface area (Å²) < 4.78 is 5.31. The summed E-state index contributed by atoms with van der Waals surface area (Å²) in [6.07, 6.45) is 2.76. The zero-order chi connectivity index (χ0) is 8.39. The Morgan fingerprint density at radius 2 is 2.67 bits per heavy atom. The van der Waals surface area contributed by atoms with Crippen LogP contribution in [0.1, 0.15) is 23.9 Å². The summed E-state index contributed by atoms with van der Waals surface area (Å²) in [6, 6.07) is 0. The molecule has 1 aromatic rings. The molecule has 0 aromatic carbocycles. The highest BCUT2D eigenvalue weighted by molar-refractivity contribution is 5.02. The molecule has 4 nitrogen and oxygen atoms in total. The van der Waals surface area contributed by atoms with Crippen LogP contribution in [0.5, 0.6) is 0 Å². The fraction of sp³-hybridized carbons (Fsp3) is 0.625. The van der Waals surface area contributed by atoms with Crippen LogP contribution in [0.15, 0.2) is 10.7 Å². The zero-order valence-electron chi connectivity index (χ0n) is 6.92. The van der Waals surface area contributed by atoms with Gasteiger partial charge in [-0.05, 0) is 13.0 Å². The van der Waals surface area contributed by atoms with Crippen molar-refractivity contribution in [1.29, 1.82) is 0 Å². The van der Waals surface area contributed by atoms with Crippen molar-refractivity contribution in [2.24, 2.45) is 5.73 Å². The van der Waals surface area contributed by atoms with Gasteiger partial charge in [-0.3, -0.25) is 0 Å². The quantitative estimate of drug-likeness (QED) is 0.661. The first-order chi connectivity index (χ1) is 5.90. The molecule has 3 N–H and O–H groups in total.